The predicted octanol–water partition coefficient (Wildman–Crippen LogP) is 3.58. The molecular formula is C25H26Cl2N4O6S. The molecule has 0 aliphatic heterocycles. The Labute approximate surface area is 230 Å². The summed E-state index contributed by atoms with van der Waals surface area (Å²) in [6.07, 6.45) is 1.77. The molecule has 0 fully saturated rings. The first-order valence-corrected chi connectivity index (χ1v) is 13.6. The lowest BCUT2D eigenvalue weighted by atomic mass is 10.2. The van der Waals surface area contributed by atoms with Crippen LogP contribution in [0.5, 0.6) is 0 Å². The van der Waals surface area contributed by atoms with Crippen molar-refractivity contribution in [2.75, 3.05) is 20.3 Å². The minimum Gasteiger partial charge on any atom is -0.459 e. The van der Waals surface area contributed by atoms with Gasteiger partial charge in [-0.3, -0.25) is 9.59 Å². The molecule has 0 atom stereocenters. The SMILES string of the molecule is COCCCNC(=O)C(=O)N/N=C/c1ccc(CN(Cc2ccc(Cl)cc2)S(=O)(=O)c2ccc(Cl)cc2)o1. The van der Waals surface area contributed by atoms with Crippen LogP contribution in [0.2, 0.25) is 10.0 Å². The van der Waals surface area contributed by atoms with E-state index in [1.807, 2.05) is 0 Å². The van der Waals surface area contributed by atoms with Gasteiger partial charge in [-0.2, -0.15) is 9.41 Å². The summed E-state index contributed by atoms with van der Waals surface area (Å²) in [6.45, 7) is 0.718. The number of carbonyl (C=O) groups excluding carboxylic acids is 2. The van der Waals surface area contributed by atoms with Crippen molar-refractivity contribution in [1.82, 2.24) is 15.0 Å². The third kappa shape index (κ3) is 8.67. The van der Waals surface area contributed by atoms with Crippen LogP contribution in [0.4, 0.5) is 0 Å². The van der Waals surface area contributed by atoms with Gasteiger partial charge in [-0.05, 0) is 60.5 Å². The van der Waals surface area contributed by atoms with Gasteiger partial charge in [0.2, 0.25) is 10.0 Å². The van der Waals surface area contributed by atoms with E-state index < -0.39 is 21.8 Å². The maximum Gasteiger partial charge on any atom is 0.329 e. The van der Waals surface area contributed by atoms with Crippen molar-refractivity contribution in [2.45, 2.75) is 24.4 Å². The van der Waals surface area contributed by atoms with Crippen molar-refractivity contribution in [3.63, 3.8) is 0 Å². The van der Waals surface area contributed by atoms with E-state index in [0.717, 1.165) is 5.56 Å². The number of sulfonamides is 1. The molecule has 0 bridgehead atoms. The fourth-order valence-electron chi connectivity index (χ4n) is 3.20. The number of nitrogens with one attached hydrogen (secondary N) is 2. The largest absolute Gasteiger partial charge is 0.459 e. The molecule has 0 saturated carbocycles. The van der Waals surface area contributed by atoms with Crippen molar-refractivity contribution in [1.29, 1.82) is 0 Å². The number of rotatable bonds is 12. The van der Waals surface area contributed by atoms with Crippen LogP contribution in [0.3, 0.4) is 0 Å². The third-order valence-corrected chi connectivity index (χ3v) is 7.42. The van der Waals surface area contributed by atoms with Crippen LogP contribution in [0, 0.1) is 0 Å². The second-order valence-electron chi connectivity index (χ2n) is 7.96. The van der Waals surface area contributed by atoms with Crippen LogP contribution in [0.1, 0.15) is 23.5 Å². The number of halogens is 2. The Morgan fingerprint density at radius 2 is 1.63 bits per heavy atom. The molecule has 0 saturated heterocycles. The molecule has 0 unspecified atom stereocenters. The van der Waals surface area contributed by atoms with E-state index in [2.05, 4.69) is 15.8 Å². The third-order valence-electron chi connectivity index (χ3n) is 5.11. The van der Waals surface area contributed by atoms with Crippen LogP contribution < -0.4 is 10.7 Å². The Hall–Kier alpha value is -3.22. The molecule has 0 spiro atoms. The van der Waals surface area contributed by atoms with E-state index in [1.165, 1.54) is 34.8 Å². The first-order chi connectivity index (χ1) is 18.2. The lowest BCUT2D eigenvalue weighted by Gasteiger charge is -2.21. The molecule has 202 valence electrons. The summed E-state index contributed by atoms with van der Waals surface area (Å²) >= 11 is 11.9. The van der Waals surface area contributed by atoms with Gasteiger partial charge in [0.1, 0.15) is 11.5 Å². The van der Waals surface area contributed by atoms with Crippen molar-refractivity contribution < 1.29 is 27.2 Å². The number of methoxy groups -OCH3 is 1. The lowest BCUT2D eigenvalue weighted by molar-refractivity contribution is -0.139. The summed E-state index contributed by atoms with van der Waals surface area (Å²) in [7, 11) is -2.38. The lowest BCUT2D eigenvalue weighted by Crippen LogP contribution is -2.38. The Morgan fingerprint density at radius 1 is 0.974 bits per heavy atom. The van der Waals surface area contributed by atoms with E-state index in [0.29, 0.717) is 28.8 Å². The topological polar surface area (TPSA) is 130 Å². The highest BCUT2D eigenvalue weighted by atomic mass is 35.5. The number of hydrazone groups is 1. The highest BCUT2D eigenvalue weighted by Crippen LogP contribution is 2.24. The number of hydrogen-bond donors (Lipinski definition) is 2. The molecule has 10 nitrogen and oxygen atoms in total. The van der Waals surface area contributed by atoms with Crippen LogP contribution in [-0.4, -0.2) is 51.0 Å². The number of carbonyl (C=O) groups is 2. The second kappa shape index (κ2) is 14.1. The monoisotopic (exact) mass is 580 g/mol. The van der Waals surface area contributed by atoms with Crippen molar-refractivity contribution >= 4 is 51.3 Å². The number of furan rings is 1. The van der Waals surface area contributed by atoms with E-state index in [9.17, 15) is 18.0 Å². The Kier molecular flexibility index (Phi) is 10.9. The molecule has 0 aliphatic rings. The molecule has 3 rings (SSSR count). The Bertz CT molecular complexity index is 1360. The molecule has 1 aromatic heterocycles. The number of hydrogen-bond acceptors (Lipinski definition) is 7. The summed E-state index contributed by atoms with van der Waals surface area (Å²) in [5.41, 5.74) is 2.83. The standard InChI is InChI=1S/C25H26Cl2N4O6S/c1-36-14-2-13-28-24(32)25(33)30-29-15-21-9-10-22(37-21)17-31(16-18-3-5-19(26)6-4-18)38(34,35)23-11-7-20(27)8-12-23/h3-12,15H,2,13-14,16-17H2,1H3,(H,28,32)(H,30,33)/b29-15+. The molecule has 3 aromatic rings. The predicted molar refractivity (Wildman–Crippen MR) is 143 cm³/mol. The summed E-state index contributed by atoms with van der Waals surface area (Å²) in [4.78, 5) is 23.6. The van der Waals surface area contributed by atoms with E-state index in [1.54, 1.807) is 43.5 Å². The van der Waals surface area contributed by atoms with Gasteiger partial charge < -0.3 is 14.5 Å². The highest BCUT2D eigenvalue weighted by Gasteiger charge is 2.26. The minimum atomic E-state index is -3.93. The molecule has 2 aromatic carbocycles. The quantitative estimate of drug-likeness (QED) is 0.146. The molecule has 1 heterocycles. The Morgan fingerprint density at radius 3 is 2.29 bits per heavy atom. The fraction of sp³-hybridized carbons (Fsp3) is 0.240. The number of benzene rings is 2. The molecule has 0 aliphatic carbocycles. The van der Waals surface area contributed by atoms with E-state index in [4.69, 9.17) is 32.4 Å². The zero-order valence-corrected chi connectivity index (χ0v) is 22.7. The Balaban J connectivity index is 1.69. The van der Waals surface area contributed by atoms with Gasteiger partial charge in [-0.25, -0.2) is 13.8 Å². The van der Waals surface area contributed by atoms with Crippen LogP contribution >= 0.6 is 23.2 Å². The number of nitrogens with zero attached hydrogens (tertiary/aromatic N) is 2. The first-order valence-electron chi connectivity index (χ1n) is 11.4. The molecule has 2 N–H and O–H groups in total. The maximum absolute atomic E-state index is 13.4. The molecule has 2 amide bonds. The van der Waals surface area contributed by atoms with E-state index in [-0.39, 0.29) is 30.3 Å². The number of ether oxygens (including phenoxy) is 1. The average molecular weight is 581 g/mol. The van der Waals surface area contributed by atoms with Gasteiger partial charge in [-0.1, -0.05) is 35.3 Å². The van der Waals surface area contributed by atoms with Gasteiger partial charge in [0.15, 0.2) is 0 Å². The number of amides is 2. The van der Waals surface area contributed by atoms with Gasteiger partial charge in [0.05, 0.1) is 17.7 Å². The first kappa shape index (κ1) is 29.3. The zero-order chi connectivity index (χ0) is 27.5. The van der Waals surface area contributed by atoms with Crippen molar-refractivity contribution in [3.05, 3.63) is 87.8 Å². The van der Waals surface area contributed by atoms with Crippen molar-refractivity contribution in [3.8, 4) is 0 Å². The molecule has 13 heteroatoms. The van der Waals surface area contributed by atoms with Gasteiger partial charge in [0.25, 0.3) is 0 Å². The van der Waals surface area contributed by atoms with Crippen LogP contribution in [-0.2, 0) is 37.4 Å². The molecular weight excluding hydrogens is 555 g/mol. The second-order valence-corrected chi connectivity index (χ2v) is 10.8. The summed E-state index contributed by atoms with van der Waals surface area (Å²) in [5.74, 6) is -1.19. The zero-order valence-electron chi connectivity index (χ0n) is 20.4. The van der Waals surface area contributed by atoms with Crippen LogP contribution in [0.15, 0.2) is 75.1 Å². The van der Waals surface area contributed by atoms with Gasteiger partial charge in [-0.15, -0.1) is 0 Å². The van der Waals surface area contributed by atoms with E-state index >= 15 is 0 Å². The summed E-state index contributed by atoms with van der Waals surface area (Å²) in [6, 6.07) is 15.9. The minimum absolute atomic E-state index is 0.0573. The van der Waals surface area contributed by atoms with Gasteiger partial charge >= 0.3 is 11.8 Å². The highest BCUT2D eigenvalue weighted by molar-refractivity contribution is 7.89. The average Bonchev–Trinajstić information content (AvgIpc) is 3.34. The molecule has 38 heavy (non-hydrogen) atoms. The summed E-state index contributed by atoms with van der Waals surface area (Å²) < 4.78 is 38.7. The van der Waals surface area contributed by atoms with Crippen molar-refractivity contribution in [2.24, 2.45) is 5.10 Å². The van der Waals surface area contributed by atoms with Gasteiger partial charge in [0, 0.05) is 36.9 Å². The molecule has 0 radical (unpaired) electrons. The maximum atomic E-state index is 13.4. The summed E-state index contributed by atoms with van der Waals surface area (Å²) in [5, 5.41) is 7.11. The normalized spacial score (nSPS) is 11.7. The van der Waals surface area contributed by atoms with Crippen LogP contribution in [0.25, 0.3) is 0 Å². The smallest absolute Gasteiger partial charge is 0.329 e. The fourth-order valence-corrected chi connectivity index (χ4v) is 4.85.